The minimum absolute atomic E-state index is 0.0299. The normalized spacial score (nSPS) is 10.6. The molecule has 25 heavy (non-hydrogen) atoms. The van der Waals surface area contributed by atoms with Gasteiger partial charge < -0.3 is 19.8 Å². The Labute approximate surface area is 149 Å². The Morgan fingerprint density at radius 2 is 1.88 bits per heavy atom. The minimum atomic E-state index is -1.06. The number of thiophene rings is 1. The number of aryl methyl sites for hydroxylation is 1. The van der Waals surface area contributed by atoms with E-state index in [1.165, 1.54) is 6.92 Å². The number of nitrogens with one attached hydrogen (secondary N) is 1. The van der Waals surface area contributed by atoms with E-state index < -0.39 is 5.97 Å². The van der Waals surface area contributed by atoms with E-state index in [-0.39, 0.29) is 12.3 Å². The van der Waals surface area contributed by atoms with Gasteiger partial charge >= 0.3 is 0 Å². The van der Waals surface area contributed by atoms with E-state index in [4.69, 9.17) is 0 Å². The topological polar surface area (TPSA) is 74.2 Å². The number of anilines is 1. The van der Waals surface area contributed by atoms with Crippen LogP contribution in [0.2, 0.25) is 0 Å². The van der Waals surface area contributed by atoms with Crippen LogP contribution in [0, 0.1) is 0 Å². The van der Waals surface area contributed by atoms with E-state index in [0.717, 1.165) is 27.6 Å². The molecular formula is C19H17N2O3S-. The van der Waals surface area contributed by atoms with Gasteiger partial charge in [0.1, 0.15) is 0 Å². The van der Waals surface area contributed by atoms with Crippen molar-refractivity contribution in [1.29, 1.82) is 0 Å². The number of aliphatic carboxylic acids is 1. The Kier molecular flexibility index (Phi) is 5.00. The molecule has 0 bridgehead atoms. The van der Waals surface area contributed by atoms with Gasteiger partial charge in [-0.1, -0.05) is 6.07 Å². The van der Waals surface area contributed by atoms with Crippen LogP contribution < -0.4 is 10.4 Å². The summed E-state index contributed by atoms with van der Waals surface area (Å²) in [6, 6.07) is 15.4. The Hall–Kier alpha value is -2.86. The fraction of sp³-hybridized carbons (Fsp3) is 0.158. The lowest BCUT2D eigenvalue weighted by Crippen LogP contribution is -2.22. The van der Waals surface area contributed by atoms with Gasteiger partial charge in [-0.2, -0.15) is 0 Å². The first kappa shape index (κ1) is 17.0. The van der Waals surface area contributed by atoms with Crippen LogP contribution in [0.25, 0.3) is 16.3 Å². The monoisotopic (exact) mass is 353 g/mol. The number of hydrogen-bond acceptors (Lipinski definition) is 4. The molecule has 0 saturated carbocycles. The predicted octanol–water partition coefficient (Wildman–Crippen LogP) is 2.85. The van der Waals surface area contributed by atoms with Gasteiger partial charge in [0.15, 0.2) is 0 Å². The standard InChI is InChI=1S/C19H18N2O3S/c1-13(22)20-14-4-6-15(7-5-14)21-16(9-11-19(23)24)8-10-17(21)18-3-2-12-25-18/h2-8,10,12H,9,11H2,1H3,(H,20,22)(H,23,24)/p-1. The Morgan fingerprint density at radius 1 is 1.12 bits per heavy atom. The number of amides is 1. The molecule has 0 aliphatic carbocycles. The molecule has 1 N–H and O–H groups in total. The molecule has 0 radical (unpaired) electrons. The second-order valence-electron chi connectivity index (χ2n) is 5.62. The Morgan fingerprint density at radius 3 is 2.48 bits per heavy atom. The van der Waals surface area contributed by atoms with Crippen LogP contribution in [0.15, 0.2) is 53.9 Å². The number of carbonyl (C=O) groups is 2. The molecule has 5 nitrogen and oxygen atoms in total. The predicted molar refractivity (Wildman–Crippen MR) is 96.7 cm³/mol. The van der Waals surface area contributed by atoms with Crippen LogP contribution in [-0.2, 0) is 16.0 Å². The van der Waals surface area contributed by atoms with Crippen molar-refractivity contribution in [2.24, 2.45) is 0 Å². The molecule has 3 rings (SSSR count). The van der Waals surface area contributed by atoms with Crippen molar-refractivity contribution >= 4 is 28.9 Å². The minimum Gasteiger partial charge on any atom is -0.550 e. The molecule has 1 amide bonds. The van der Waals surface area contributed by atoms with Gasteiger partial charge in [0.25, 0.3) is 0 Å². The maximum absolute atomic E-state index is 11.2. The van der Waals surface area contributed by atoms with Crippen molar-refractivity contribution in [2.45, 2.75) is 19.8 Å². The fourth-order valence-corrected chi connectivity index (χ4v) is 3.46. The van der Waals surface area contributed by atoms with Crippen LogP contribution >= 0.6 is 11.3 Å². The molecule has 128 valence electrons. The van der Waals surface area contributed by atoms with Gasteiger partial charge in [0.05, 0.1) is 10.6 Å². The van der Waals surface area contributed by atoms with Crippen LogP contribution in [-0.4, -0.2) is 16.4 Å². The molecule has 0 fully saturated rings. The molecule has 3 aromatic rings. The summed E-state index contributed by atoms with van der Waals surface area (Å²) in [6.45, 7) is 1.47. The highest BCUT2D eigenvalue weighted by molar-refractivity contribution is 7.13. The number of benzene rings is 1. The number of rotatable bonds is 6. The second-order valence-corrected chi connectivity index (χ2v) is 6.57. The summed E-state index contributed by atoms with van der Waals surface area (Å²) in [6.07, 6.45) is 0.360. The van der Waals surface area contributed by atoms with Gasteiger partial charge in [-0.25, -0.2) is 0 Å². The summed E-state index contributed by atoms with van der Waals surface area (Å²) in [5.74, 6) is -1.19. The Bertz CT molecular complexity index is 880. The number of nitrogens with zero attached hydrogens (tertiary/aromatic N) is 1. The van der Waals surface area contributed by atoms with Gasteiger partial charge in [-0.3, -0.25) is 4.79 Å². The van der Waals surface area contributed by atoms with Crippen LogP contribution in [0.5, 0.6) is 0 Å². The van der Waals surface area contributed by atoms with Crippen molar-refractivity contribution in [3.63, 3.8) is 0 Å². The molecule has 0 aliphatic rings. The zero-order valence-electron chi connectivity index (χ0n) is 13.7. The summed E-state index contributed by atoms with van der Waals surface area (Å²) >= 11 is 1.63. The summed E-state index contributed by atoms with van der Waals surface area (Å²) in [5, 5.41) is 15.6. The highest BCUT2D eigenvalue weighted by Crippen LogP contribution is 2.31. The van der Waals surface area contributed by atoms with E-state index in [1.807, 2.05) is 58.5 Å². The lowest BCUT2D eigenvalue weighted by atomic mass is 10.2. The van der Waals surface area contributed by atoms with Crippen molar-refractivity contribution in [3.8, 4) is 16.3 Å². The summed E-state index contributed by atoms with van der Waals surface area (Å²) in [7, 11) is 0. The molecule has 0 aliphatic heterocycles. The van der Waals surface area contributed by atoms with Crippen LogP contribution in [0.4, 0.5) is 5.69 Å². The number of aromatic nitrogens is 1. The van der Waals surface area contributed by atoms with Crippen molar-refractivity contribution < 1.29 is 14.7 Å². The van der Waals surface area contributed by atoms with E-state index in [0.29, 0.717) is 6.42 Å². The molecular weight excluding hydrogens is 336 g/mol. The second kappa shape index (κ2) is 7.36. The zero-order valence-corrected chi connectivity index (χ0v) is 14.5. The smallest absolute Gasteiger partial charge is 0.221 e. The maximum atomic E-state index is 11.2. The molecule has 2 aromatic heterocycles. The molecule has 6 heteroatoms. The summed E-state index contributed by atoms with van der Waals surface area (Å²) < 4.78 is 2.05. The molecule has 0 atom stereocenters. The third kappa shape index (κ3) is 3.97. The van der Waals surface area contributed by atoms with Crippen molar-refractivity contribution in [2.75, 3.05) is 5.32 Å². The first-order valence-electron chi connectivity index (χ1n) is 7.87. The van der Waals surface area contributed by atoms with E-state index in [9.17, 15) is 14.7 Å². The fourth-order valence-electron chi connectivity index (χ4n) is 2.72. The molecule has 1 aromatic carbocycles. The average molecular weight is 353 g/mol. The lowest BCUT2D eigenvalue weighted by molar-refractivity contribution is -0.305. The molecule has 0 unspecified atom stereocenters. The molecule has 0 saturated heterocycles. The Balaban J connectivity index is 2.01. The lowest BCUT2D eigenvalue weighted by Gasteiger charge is -2.14. The van der Waals surface area contributed by atoms with Crippen molar-refractivity contribution in [1.82, 2.24) is 4.57 Å². The van der Waals surface area contributed by atoms with E-state index >= 15 is 0 Å². The van der Waals surface area contributed by atoms with E-state index in [2.05, 4.69) is 5.32 Å². The number of carboxylic acid groups (broad SMARTS) is 1. The van der Waals surface area contributed by atoms with Crippen molar-refractivity contribution in [3.05, 3.63) is 59.6 Å². The van der Waals surface area contributed by atoms with Crippen LogP contribution in [0.3, 0.4) is 0 Å². The van der Waals surface area contributed by atoms with Gasteiger partial charge in [0, 0.05) is 30.0 Å². The third-order valence-electron chi connectivity index (χ3n) is 3.77. The zero-order chi connectivity index (χ0) is 17.8. The van der Waals surface area contributed by atoms with Crippen LogP contribution in [0.1, 0.15) is 19.0 Å². The van der Waals surface area contributed by atoms with Gasteiger partial charge in [-0.05, 0) is 60.7 Å². The number of carbonyl (C=O) groups excluding carboxylic acids is 2. The maximum Gasteiger partial charge on any atom is 0.221 e. The van der Waals surface area contributed by atoms with Gasteiger partial charge in [0.2, 0.25) is 5.91 Å². The SMILES string of the molecule is CC(=O)Nc1ccc(-n2c(CCC(=O)[O-])ccc2-c2cccs2)cc1. The van der Waals surface area contributed by atoms with Gasteiger partial charge in [-0.15, -0.1) is 11.3 Å². The highest BCUT2D eigenvalue weighted by Gasteiger charge is 2.13. The number of hydrogen-bond donors (Lipinski definition) is 1. The van der Waals surface area contributed by atoms with E-state index in [1.54, 1.807) is 11.3 Å². The number of carboxylic acids is 1. The third-order valence-corrected chi connectivity index (χ3v) is 4.66. The first-order chi connectivity index (χ1) is 12.0. The summed E-state index contributed by atoms with van der Waals surface area (Å²) in [5.41, 5.74) is 3.55. The summed E-state index contributed by atoms with van der Waals surface area (Å²) in [4.78, 5) is 23.1. The first-order valence-corrected chi connectivity index (χ1v) is 8.75. The quantitative estimate of drug-likeness (QED) is 0.740. The molecule has 0 spiro atoms. The highest BCUT2D eigenvalue weighted by atomic mass is 32.1. The molecule has 2 heterocycles. The average Bonchev–Trinajstić information content (AvgIpc) is 3.22. The largest absolute Gasteiger partial charge is 0.550 e.